The Kier molecular flexibility index (Phi) is 10.4. The fraction of sp³-hybridized carbons (Fsp3) is 0.279. The molecule has 4 nitrogen and oxygen atoms in total. The van der Waals surface area contributed by atoms with E-state index >= 15 is 0 Å². The smallest absolute Gasteiger partial charge is 0.319 e. The highest BCUT2D eigenvalue weighted by molar-refractivity contribution is 7.00. The Morgan fingerprint density at radius 3 is 1.29 bits per heavy atom. The minimum Gasteiger partial charge on any atom is -0.534 e. The Morgan fingerprint density at radius 2 is 0.959 bits per heavy atom. The first-order valence-corrected chi connectivity index (χ1v) is 21.1. The molecule has 0 heterocycles. The molecular weight excluding hydrogens is 637 g/mol. The Labute approximate surface area is 295 Å². The van der Waals surface area contributed by atoms with Crippen LogP contribution in [-0.4, -0.2) is 27.5 Å². The summed E-state index contributed by atoms with van der Waals surface area (Å²) in [7, 11) is -6.26. The van der Waals surface area contributed by atoms with Crippen LogP contribution in [0.1, 0.15) is 72.2 Å². The van der Waals surface area contributed by atoms with Gasteiger partial charge >= 0.3 is 16.6 Å². The number of carbonyl (C=O) groups excluding carboxylic acids is 1. The number of benzene rings is 5. The standard InChI is InChI=1S/C43H50O4Si2/c1-9-32(2)41(45)40-38(44)30-33(46-48(42(3,4)5,34-22-14-10-15-23-34)35-24-16-11-17-25-35)31-39(40)47-49(43(6,7)8,36-26-18-12-19-27-36)37-28-20-13-21-29-37/h10-32,44H,9H2,1-8H3/t32-/m0/s1. The molecule has 5 aromatic rings. The number of phenols is 1. The van der Waals surface area contributed by atoms with Crippen molar-refractivity contribution >= 4 is 43.2 Å². The number of carbonyl (C=O) groups is 1. The summed E-state index contributed by atoms with van der Waals surface area (Å²) in [5.74, 6) is 0.238. The molecule has 6 heteroatoms. The van der Waals surface area contributed by atoms with E-state index in [-0.39, 0.29) is 33.1 Å². The van der Waals surface area contributed by atoms with E-state index in [2.05, 4.69) is 114 Å². The fourth-order valence-electron chi connectivity index (χ4n) is 7.04. The zero-order valence-corrected chi connectivity index (χ0v) is 32.2. The van der Waals surface area contributed by atoms with Crippen molar-refractivity contribution in [3.63, 3.8) is 0 Å². The third kappa shape index (κ3) is 6.77. The summed E-state index contributed by atoms with van der Waals surface area (Å²) < 4.78 is 14.9. The first-order valence-electron chi connectivity index (χ1n) is 17.3. The van der Waals surface area contributed by atoms with Crippen molar-refractivity contribution in [3.8, 4) is 17.2 Å². The van der Waals surface area contributed by atoms with E-state index in [9.17, 15) is 9.90 Å². The van der Waals surface area contributed by atoms with Crippen molar-refractivity contribution in [3.05, 3.63) is 139 Å². The highest BCUT2D eigenvalue weighted by Crippen LogP contribution is 2.44. The summed E-state index contributed by atoms with van der Waals surface area (Å²) in [5, 5.41) is 15.6. The number of ketones is 1. The van der Waals surface area contributed by atoms with E-state index in [4.69, 9.17) is 8.85 Å². The highest BCUT2D eigenvalue weighted by atomic mass is 28.4. The minimum absolute atomic E-state index is 0.131. The maximum Gasteiger partial charge on any atom is 0.319 e. The molecule has 0 amide bonds. The van der Waals surface area contributed by atoms with Gasteiger partial charge in [0.25, 0.3) is 0 Å². The van der Waals surface area contributed by atoms with Crippen LogP contribution in [-0.2, 0) is 0 Å². The molecule has 254 valence electrons. The van der Waals surface area contributed by atoms with Gasteiger partial charge in [-0.1, -0.05) is 177 Å². The molecule has 0 aliphatic rings. The van der Waals surface area contributed by atoms with Crippen LogP contribution in [0, 0.1) is 5.92 Å². The summed E-state index contributed by atoms with van der Waals surface area (Å²) in [5.41, 5.74) is 0.206. The largest absolute Gasteiger partial charge is 0.534 e. The van der Waals surface area contributed by atoms with E-state index in [1.54, 1.807) is 6.07 Å². The predicted octanol–water partition coefficient (Wildman–Crippen LogP) is 8.50. The number of hydrogen-bond donors (Lipinski definition) is 1. The zero-order valence-electron chi connectivity index (χ0n) is 30.2. The van der Waals surface area contributed by atoms with E-state index in [0.29, 0.717) is 17.9 Å². The second kappa shape index (κ2) is 14.2. The first kappa shape index (κ1) is 35.9. The fourth-order valence-corrected chi connectivity index (χ4v) is 15.9. The van der Waals surface area contributed by atoms with Gasteiger partial charge in [-0.05, 0) is 37.2 Å². The Morgan fingerprint density at radius 1 is 0.612 bits per heavy atom. The molecule has 0 fully saturated rings. The third-order valence-electron chi connectivity index (χ3n) is 9.73. The van der Waals surface area contributed by atoms with Crippen molar-refractivity contribution < 1.29 is 18.8 Å². The number of hydrogen-bond acceptors (Lipinski definition) is 4. The average Bonchev–Trinajstić information content (AvgIpc) is 3.09. The lowest BCUT2D eigenvalue weighted by Crippen LogP contribution is -2.69. The quantitative estimate of drug-likeness (QED) is 0.112. The number of Topliss-reactive ketones (excluding diaryl/α,β-unsaturated/α-hetero) is 1. The summed E-state index contributed by atoms with van der Waals surface area (Å²) in [4.78, 5) is 14.2. The van der Waals surface area contributed by atoms with Gasteiger partial charge < -0.3 is 14.0 Å². The Hall–Kier alpha value is -4.40. The zero-order chi connectivity index (χ0) is 35.5. The normalized spacial score (nSPS) is 13.1. The molecule has 0 aliphatic heterocycles. The van der Waals surface area contributed by atoms with Gasteiger partial charge in [0.2, 0.25) is 0 Å². The van der Waals surface area contributed by atoms with Gasteiger partial charge in [0.05, 0.1) is 0 Å². The number of aromatic hydroxyl groups is 1. The summed E-state index contributed by atoms with van der Waals surface area (Å²) in [6, 6.07) is 45.0. The van der Waals surface area contributed by atoms with E-state index < -0.39 is 16.6 Å². The van der Waals surface area contributed by atoms with Crippen LogP contribution in [0.25, 0.3) is 0 Å². The molecule has 5 aromatic carbocycles. The summed E-state index contributed by atoms with van der Waals surface area (Å²) in [6.07, 6.45) is 0.636. The maximum absolute atomic E-state index is 14.2. The molecule has 1 atom stereocenters. The second-order valence-electron chi connectivity index (χ2n) is 15.0. The Balaban J connectivity index is 1.82. The molecule has 0 spiro atoms. The van der Waals surface area contributed by atoms with Gasteiger partial charge in [-0.25, -0.2) is 0 Å². The van der Waals surface area contributed by atoms with Gasteiger partial charge in [0.15, 0.2) is 5.78 Å². The van der Waals surface area contributed by atoms with Crippen LogP contribution in [0.5, 0.6) is 17.2 Å². The first-order chi connectivity index (χ1) is 23.3. The molecular formula is C43H50O4Si2. The molecule has 0 saturated heterocycles. The summed E-state index contributed by atoms with van der Waals surface area (Å²) >= 11 is 0. The molecule has 0 radical (unpaired) electrons. The monoisotopic (exact) mass is 686 g/mol. The lowest BCUT2D eigenvalue weighted by Gasteiger charge is -2.44. The third-order valence-corrected chi connectivity index (χ3v) is 19.6. The van der Waals surface area contributed by atoms with Crippen LogP contribution in [0.3, 0.4) is 0 Å². The van der Waals surface area contributed by atoms with Gasteiger partial charge in [-0.15, -0.1) is 0 Å². The SMILES string of the molecule is CC[C@H](C)C(=O)c1c(O)cc(O[Si](c2ccccc2)(c2ccccc2)C(C)(C)C)cc1O[Si](c1ccccc1)(c1ccccc1)C(C)(C)C. The van der Waals surface area contributed by atoms with Crippen LogP contribution in [0.2, 0.25) is 10.1 Å². The molecule has 0 bridgehead atoms. The lowest BCUT2D eigenvalue weighted by molar-refractivity contribution is 0.0922. The average molecular weight is 687 g/mol. The van der Waals surface area contributed by atoms with E-state index in [0.717, 1.165) is 20.7 Å². The topological polar surface area (TPSA) is 55.8 Å². The van der Waals surface area contributed by atoms with Crippen LogP contribution < -0.4 is 29.6 Å². The van der Waals surface area contributed by atoms with Crippen LogP contribution in [0.4, 0.5) is 0 Å². The maximum atomic E-state index is 14.2. The van der Waals surface area contributed by atoms with E-state index in [1.165, 1.54) is 0 Å². The number of rotatable bonds is 11. The minimum atomic E-state index is -3.19. The Bertz CT molecular complexity index is 1770. The van der Waals surface area contributed by atoms with Gasteiger partial charge in [0.1, 0.15) is 22.8 Å². The van der Waals surface area contributed by atoms with Crippen LogP contribution >= 0.6 is 0 Å². The molecule has 1 N–H and O–H groups in total. The second-order valence-corrected chi connectivity index (χ2v) is 23.5. The van der Waals surface area contributed by atoms with Gasteiger partial charge in [0, 0.05) is 18.1 Å². The highest BCUT2D eigenvalue weighted by Gasteiger charge is 2.54. The molecule has 5 rings (SSSR count). The van der Waals surface area contributed by atoms with Crippen LogP contribution in [0.15, 0.2) is 133 Å². The number of phenolic OH excluding ortho intramolecular Hbond substituents is 1. The molecule has 0 aromatic heterocycles. The van der Waals surface area contributed by atoms with E-state index in [1.807, 2.05) is 68.4 Å². The summed E-state index contributed by atoms with van der Waals surface area (Å²) in [6.45, 7) is 17.2. The molecule has 0 unspecified atom stereocenters. The van der Waals surface area contributed by atoms with Crippen molar-refractivity contribution in [2.24, 2.45) is 5.92 Å². The van der Waals surface area contributed by atoms with Crippen molar-refractivity contribution in [1.29, 1.82) is 0 Å². The van der Waals surface area contributed by atoms with Gasteiger partial charge in [-0.3, -0.25) is 4.79 Å². The lowest BCUT2D eigenvalue weighted by atomic mass is 9.95. The van der Waals surface area contributed by atoms with Gasteiger partial charge in [-0.2, -0.15) is 0 Å². The van der Waals surface area contributed by atoms with Crippen molar-refractivity contribution in [2.45, 2.75) is 71.9 Å². The molecule has 0 saturated carbocycles. The predicted molar refractivity (Wildman–Crippen MR) is 208 cm³/mol. The molecule has 0 aliphatic carbocycles. The van der Waals surface area contributed by atoms with Crippen molar-refractivity contribution in [1.82, 2.24) is 0 Å². The van der Waals surface area contributed by atoms with Crippen molar-refractivity contribution in [2.75, 3.05) is 0 Å². The molecule has 49 heavy (non-hydrogen) atoms.